The molecule has 0 aromatic carbocycles. The van der Waals surface area contributed by atoms with Crippen LogP contribution >= 0.6 is 27.5 Å². The molecule has 0 atom stereocenters. The van der Waals surface area contributed by atoms with E-state index in [2.05, 4.69) is 208 Å². The van der Waals surface area contributed by atoms with Crippen LogP contribution in [-0.4, -0.2) is 172 Å². The van der Waals surface area contributed by atoms with Crippen LogP contribution in [0.1, 0.15) is 341 Å². The second-order valence-electron chi connectivity index (χ2n) is 33.4. The topological polar surface area (TPSA) is 120 Å². The molecule has 0 heterocycles. The molecule has 0 radical (unpaired) electrons. The molecular formula is C82H176BrClO13. The smallest absolute Gasteiger partial charge is 0.108 e. The Kier molecular flexibility index (Phi) is 91.3. The van der Waals surface area contributed by atoms with Gasteiger partial charge in [-0.05, 0) is 274 Å². The summed E-state index contributed by atoms with van der Waals surface area (Å²) < 4.78 is 69.5. The fraction of sp³-hybridized carbons (Fsp3) is 0.951. The number of alkyl halides is 2. The molecule has 97 heavy (non-hydrogen) atoms. The number of hydrogen-bond donors (Lipinski definition) is 0. The van der Waals surface area contributed by atoms with Gasteiger partial charge in [-0.2, -0.15) is 0 Å². The summed E-state index contributed by atoms with van der Waals surface area (Å²) in [6.07, 6.45) is 21.3. The Morgan fingerprint density at radius 1 is 0.258 bits per heavy atom. The normalized spacial score (nSPS) is 11.8. The molecule has 0 amide bonds. The Labute approximate surface area is 623 Å². The minimum absolute atomic E-state index is 0.0216. The Balaban J connectivity index is -0.0000000937. The summed E-state index contributed by atoms with van der Waals surface area (Å²) in [6.45, 7) is 93.6. The van der Waals surface area contributed by atoms with E-state index in [0.717, 1.165) is 64.6 Å². The van der Waals surface area contributed by atoms with Gasteiger partial charge in [-0.25, -0.2) is 0 Å². The van der Waals surface area contributed by atoms with Crippen LogP contribution in [-0.2, 0) is 61.6 Å². The van der Waals surface area contributed by atoms with Crippen LogP contribution in [0, 0.1) is 24.7 Å². The predicted octanol–water partition coefficient (Wildman–Crippen LogP) is 23.8. The fourth-order valence-corrected chi connectivity index (χ4v) is 5.43. The van der Waals surface area contributed by atoms with Gasteiger partial charge in [0.1, 0.15) is 6.61 Å². The van der Waals surface area contributed by atoms with Gasteiger partial charge in [-0.15, -0.1) is 30.4 Å². The van der Waals surface area contributed by atoms with Gasteiger partial charge in [-0.3, -0.25) is 0 Å². The number of halogens is 2. The third-order valence-corrected chi connectivity index (χ3v) is 9.84. The van der Waals surface area contributed by atoms with Crippen molar-refractivity contribution in [2.75, 3.05) is 110 Å². The van der Waals surface area contributed by atoms with Crippen molar-refractivity contribution in [1.82, 2.24) is 0 Å². The fourth-order valence-electron chi connectivity index (χ4n) is 5.19. The van der Waals surface area contributed by atoms with Crippen molar-refractivity contribution in [2.45, 2.75) is 403 Å². The molecule has 0 spiro atoms. The molecule has 0 unspecified atom stereocenters. The zero-order valence-corrected chi connectivity index (χ0v) is 75.2. The van der Waals surface area contributed by atoms with Crippen molar-refractivity contribution >= 4 is 27.5 Å². The highest BCUT2D eigenvalue weighted by Gasteiger charge is 2.14. The zero-order chi connectivity index (χ0) is 79.2. The van der Waals surface area contributed by atoms with Crippen molar-refractivity contribution in [3.05, 3.63) is 0 Å². The van der Waals surface area contributed by atoms with Crippen molar-refractivity contribution in [1.29, 1.82) is 0 Å². The van der Waals surface area contributed by atoms with Gasteiger partial charge < -0.3 is 61.6 Å². The van der Waals surface area contributed by atoms with E-state index < -0.39 is 0 Å². The highest BCUT2D eigenvalue weighted by Crippen LogP contribution is 2.13. The average molecular weight is 1490 g/mol. The number of terminal acetylenes is 2. The maximum atomic E-state index is 5.49. The molecule has 0 saturated carbocycles. The van der Waals surface area contributed by atoms with Crippen LogP contribution in [0.5, 0.6) is 0 Å². The van der Waals surface area contributed by atoms with Gasteiger partial charge in [-0.1, -0.05) is 82.2 Å². The van der Waals surface area contributed by atoms with Gasteiger partial charge in [0.25, 0.3) is 0 Å². The van der Waals surface area contributed by atoms with Crippen LogP contribution in [0.3, 0.4) is 0 Å². The molecule has 0 aromatic rings. The summed E-state index contributed by atoms with van der Waals surface area (Å²) in [6, 6.07) is 0. The first-order valence-electron chi connectivity index (χ1n) is 36.8. The largest absolute Gasteiger partial charge is 0.379 e. The lowest BCUT2D eigenvalue weighted by molar-refractivity contribution is -0.0424. The van der Waals surface area contributed by atoms with Crippen LogP contribution in [0.2, 0.25) is 0 Å². The molecule has 0 aromatic heterocycles. The molecule has 13 nitrogen and oxygen atoms in total. The molecule has 596 valence electrons. The van der Waals surface area contributed by atoms with Crippen LogP contribution < -0.4 is 0 Å². The van der Waals surface area contributed by atoms with E-state index in [4.69, 9.17) is 86.0 Å². The van der Waals surface area contributed by atoms with Gasteiger partial charge in [0, 0.05) is 63.9 Å². The second-order valence-corrected chi connectivity index (χ2v) is 34.5. The summed E-state index contributed by atoms with van der Waals surface area (Å²) in [5.41, 5.74) is 0.0894. The summed E-state index contributed by atoms with van der Waals surface area (Å²) >= 11 is 8.66. The quantitative estimate of drug-likeness (QED) is 0.0402. The minimum atomic E-state index is -0.0909. The van der Waals surface area contributed by atoms with Gasteiger partial charge >= 0.3 is 0 Å². The van der Waals surface area contributed by atoms with Gasteiger partial charge in [0.05, 0.1) is 108 Å². The highest BCUT2D eigenvalue weighted by atomic mass is 79.9. The molecular weight excluding hydrogens is 1310 g/mol. The van der Waals surface area contributed by atoms with Crippen LogP contribution in [0.15, 0.2) is 0 Å². The molecule has 0 aliphatic heterocycles. The van der Waals surface area contributed by atoms with Crippen molar-refractivity contribution in [3.63, 3.8) is 0 Å². The molecule has 0 saturated heterocycles. The Morgan fingerprint density at radius 3 is 0.649 bits per heavy atom. The lowest BCUT2D eigenvalue weighted by Crippen LogP contribution is -2.22. The minimum Gasteiger partial charge on any atom is -0.379 e. The summed E-state index contributed by atoms with van der Waals surface area (Å²) in [7, 11) is 0. The molecule has 0 bridgehead atoms. The van der Waals surface area contributed by atoms with Gasteiger partial charge in [0.2, 0.25) is 0 Å². The summed E-state index contributed by atoms with van der Waals surface area (Å²) in [5, 5.41) is 0.921. The third-order valence-electron chi connectivity index (χ3n) is 9.36. The zero-order valence-electron chi connectivity index (χ0n) is 72.8. The summed E-state index contributed by atoms with van der Waals surface area (Å²) in [5.74, 6) is 5.50. The molecule has 0 aliphatic carbocycles. The van der Waals surface area contributed by atoms with E-state index in [-0.39, 0.29) is 61.6 Å². The molecule has 0 N–H and O–H groups in total. The Bertz CT molecular complexity index is 1460. The predicted molar refractivity (Wildman–Crippen MR) is 432 cm³/mol. The van der Waals surface area contributed by atoms with E-state index in [0.29, 0.717) is 58.5 Å². The number of ether oxygens (including phenoxy) is 13. The van der Waals surface area contributed by atoms with Crippen LogP contribution in [0.25, 0.3) is 0 Å². The monoisotopic (exact) mass is 1480 g/mol. The number of rotatable bonds is 29. The van der Waals surface area contributed by atoms with E-state index in [1.165, 1.54) is 51.4 Å². The first-order chi connectivity index (χ1) is 43.7. The molecule has 0 rings (SSSR count). The van der Waals surface area contributed by atoms with E-state index >= 15 is 0 Å². The lowest BCUT2D eigenvalue weighted by Gasteiger charge is -2.19. The van der Waals surface area contributed by atoms with Crippen molar-refractivity contribution in [2.24, 2.45) is 0 Å². The summed E-state index contributed by atoms with van der Waals surface area (Å²) in [4.78, 5) is 0. The average Bonchev–Trinajstić information content (AvgIpc) is 3.39. The maximum Gasteiger partial charge on any atom is 0.108 e. The molecule has 0 fully saturated rings. The lowest BCUT2D eigenvalue weighted by atomic mass is 10.2. The van der Waals surface area contributed by atoms with Gasteiger partial charge in [0.15, 0.2) is 0 Å². The number of unbranched alkanes of at least 4 members (excludes halogenated alkanes) is 4. The third kappa shape index (κ3) is 207. The van der Waals surface area contributed by atoms with E-state index in [9.17, 15) is 0 Å². The van der Waals surface area contributed by atoms with Crippen LogP contribution in [0.4, 0.5) is 0 Å². The SMILES string of the molecule is C#CCCOC(C)(C)C.C#CCOC(C)(C)C.CC(C)(C)OCCBr.CC(C)(C)OCCCl.CCCCOC(C)(C)C.CCCCOC(C)(C)C.CCCCOC(C)(C)C.CCCCOC(C)(C)C.CCCOCCOCCOC(C)(C)C.CCOC(C)(C)C.CCOC(C)(C)C. The van der Waals surface area contributed by atoms with E-state index in [1.807, 2.05) is 96.9 Å². The Hall–Kier alpha value is -0.630. The molecule has 0 aliphatic rings. The first kappa shape index (κ1) is 120. The van der Waals surface area contributed by atoms with Crippen molar-refractivity contribution in [3.8, 4) is 24.7 Å². The second kappa shape index (κ2) is 73.7. The van der Waals surface area contributed by atoms with Crippen molar-refractivity contribution < 1.29 is 61.6 Å². The van der Waals surface area contributed by atoms with E-state index in [1.54, 1.807) is 0 Å². The highest BCUT2D eigenvalue weighted by molar-refractivity contribution is 9.09. The number of hydrogen-bond acceptors (Lipinski definition) is 13. The first-order valence-corrected chi connectivity index (χ1v) is 38.5. The maximum absolute atomic E-state index is 5.49. The standard InChI is InChI=1S/C11H24O3.4C8H18O.C8H14O.C7H12O.C6H13BrO.C6H13ClO.2C6H14O/c1-5-6-12-7-8-13-9-10-14-11(2,3)4;5*1-5-6-7-9-8(2,3)4;1-5-6-8-7(2,3)4;2*1-6(2,3)8-5-4-7;2*1-5-7-6(2,3)4/h5-10H2,1-4H3;4*5-7H2,1-4H3;1H,6-7H2,2-4H3;1H,6H2,2-4H3;2*4-5H2,1-3H3;2*5H2,1-4H3. The molecule has 15 heteroatoms. The Morgan fingerprint density at radius 2 is 0.485 bits per heavy atom.